The molecule has 0 aliphatic carbocycles. The summed E-state index contributed by atoms with van der Waals surface area (Å²) in [5.74, 6) is 0. The van der Waals surface area contributed by atoms with Gasteiger partial charge >= 0.3 is 0 Å². The molecule has 1 N–H and O–H groups in total. The van der Waals surface area contributed by atoms with Gasteiger partial charge in [0.25, 0.3) is 0 Å². The number of rotatable bonds is 3. The summed E-state index contributed by atoms with van der Waals surface area (Å²) in [4.78, 5) is 4.52. The number of likely N-dealkylation sites (tertiary alicyclic amines) is 1. The van der Waals surface area contributed by atoms with E-state index >= 15 is 0 Å². The number of likely N-dealkylation sites (N-methyl/N-ethyl adjacent to an activating group) is 1. The summed E-state index contributed by atoms with van der Waals surface area (Å²) >= 11 is 0. The molecule has 3 nitrogen and oxygen atoms in total. The fourth-order valence-corrected chi connectivity index (χ4v) is 2.43. The largest absolute Gasteiger partial charge is 0.387 e. The van der Waals surface area contributed by atoms with Crippen molar-refractivity contribution in [2.24, 2.45) is 0 Å². The fraction of sp³-hybridized carbons (Fsp3) is 1.00. The van der Waals surface area contributed by atoms with E-state index in [0.717, 1.165) is 25.9 Å². The Kier molecular flexibility index (Phi) is 4.04. The second kappa shape index (κ2) is 4.63. The first-order chi connectivity index (χ1) is 7.21. The highest BCUT2D eigenvalue weighted by Gasteiger charge is 2.47. The van der Waals surface area contributed by atoms with E-state index in [-0.39, 0.29) is 5.54 Å². The van der Waals surface area contributed by atoms with E-state index < -0.39 is 5.60 Å². The minimum atomic E-state index is -0.598. The van der Waals surface area contributed by atoms with Gasteiger partial charge in [0.1, 0.15) is 0 Å². The van der Waals surface area contributed by atoms with Crippen molar-refractivity contribution in [3.05, 3.63) is 0 Å². The van der Waals surface area contributed by atoms with Crippen LogP contribution in [-0.4, -0.2) is 59.3 Å². The monoisotopic (exact) mass is 228 g/mol. The lowest BCUT2D eigenvalue weighted by molar-refractivity contribution is -0.125. The number of aliphatic hydroxyl groups is 1. The Labute approximate surface area is 100 Å². The first-order valence-electron chi connectivity index (χ1n) is 6.34. The normalized spacial score (nSPS) is 29.1. The molecular formula is C13H28N2O. The van der Waals surface area contributed by atoms with Crippen LogP contribution in [0.2, 0.25) is 0 Å². The zero-order valence-electron chi connectivity index (χ0n) is 11.7. The molecule has 0 bridgehead atoms. The number of hydrogen-bond donors (Lipinski definition) is 1. The summed E-state index contributed by atoms with van der Waals surface area (Å²) in [5.41, 5.74) is -0.778. The number of piperidine rings is 1. The number of nitrogens with zero attached hydrogens (tertiary/aromatic N) is 2. The first-order valence-corrected chi connectivity index (χ1v) is 6.34. The lowest BCUT2D eigenvalue weighted by Crippen LogP contribution is -2.65. The van der Waals surface area contributed by atoms with Gasteiger partial charge in [0, 0.05) is 18.1 Å². The molecule has 1 heterocycles. The molecule has 3 heteroatoms. The molecule has 0 amide bonds. The molecule has 1 fully saturated rings. The third kappa shape index (κ3) is 2.41. The van der Waals surface area contributed by atoms with Crippen molar-refractivity contribution in [1.29, 1.82) is 0 Å². The maximum Gasteiger partial charge on any atom is 0.0951 e. The Bertz CT molecular complexity index is 238. The maximum atomic E-state index is 10.9. The van der Waals surface area contributed by atoms with Crippen molar-refractivity contribution in [3.63, 3.8) is 0 Å². The molecule has 96 valence electrons. The molecule has 1 aliphatic heterocycles. The molecule has 1 aliphatic rings. The second-order valence-electron chi connectivity index (χ2n) is 6.15. The van der Waals surface area contributed by atoms with E-state index in [9.17, 15) is 5.11 Å². The van der Waals surface area contributed by atoms with Gasteiger partial charge in [-0.15, -0.1) is 0 Å². The molecule has 1 atom stereocenters. The van der Waals surface area contributed by atoms with E-state index in [1.807, 2.05) is 14.1 Å². The van der Waals surface area contributed by atoms with Crippen LogP contribution in [0.3, 0.4) is 0 Å². The number of β-amino-alcohol motifs (C(OH)–C–C–N with tert-alkyl or cyclic N) is 1. The molecule has 0 radical (unpaired) electrons. The SMILES string of the molecule is CC(C)N1CCC[C@@](O)(C(C)(C)N(C)C)C1. The van der Waals surface area contributed by atoms with Gasteiger partial charge in [0.15, 0.2) is 0 Å². The predicted molar refractivity (Wildman–Crippen MR) is 68.7 cm³/mol. The molecular weight excluding hydrogens is 200 g/mol. The third-order valence-electron chi connectivity index (χ3n) is 4.49. The number of hydrogen-bond acceptors (Lipinski definition) is 3. The Morgan fingerprint density at radius 2 is 1.88 bits per heavy atom. The first kappa shape index (κ1) is 13.9. The van der Waals surface area contributed by atoms with E-state index in [4.69, 9.17) is 0 Å². The van der Waals surface area contributed by atoms with Crippen LogP contribution in [0.4, 0.5) is 0 Å². The van der Waals surface area contributed by atoms with Gasteiger partial charge in [0.2, 0.25) is 0 Å². The summed E-state index contributed by atoms with van der Waals surface area (Å²) in [6.07, 6.45) is 1.99. The summed E-state index contributed by atoms with van der Waals surface area (Å²) < 4.78 is 0. The van der Waals surface area contributed by atoms with Gasteiger partial charge in [-0.2, -0.15) is 0 Å². The summed E-state index contributed by atoms with van der Waals surface area (Å²) in [6, 6.07) is 0.518. The Morgan fingerprint density at radius 1 is 1.31 bits per heavy atom. The topological polar surface area (TPSA) is 26.7 Å². The molecule has 0 saturated carbocycles. The molecule has 0 aromatic heterocycles. The average Bonchev–Trinajstić information content (AvgIpc) is 2.17. The van der Waals surface area contributed by atoms with Crippen molar-refractivity contribution < 1.29 is 5.11 Å². The highest BCUT2D eigenvalue weighted by molar-refractivity contribution is 5.03. The highest BCUT2D eigenvalue weighted by atomic mass is 16.3. The zero-order valence-corrected chi connectivity index (χ0v) is 11.7. The lowest BCUT2D eigenvalue weighted by Gasteiger charge is -2.52. The molecule has 0 unspecified atom stereocenters. The van der Waals surface area contributed by atoms with Crippen molar-refractivity contribution in [2.45, 2.75) is 57.7 Å². The molecule has 1 rings (SSSR count). The van der Waals surface area contributed by atoms with Gasteiger partial charge in [-0.05, 0) is 61.2 Å². The van der Waals surface area contributed by atoms with E-state index in [2.05, 4.69) is 37.5 Å². The van der Waals surface area contributed by atoms with E-state index in [1.165, 1.54) is 0 Å². The Hall–Kier alpha value is -0.120. The van der Waals surface area contributed by atoms with Crippen LogP contribution in [0.5, 0.6) is 0 Å². The molecule has 0 aromatic rings. The van der Waals surface area contributed by atoms with Gasteiger partial charge in [-0.1, -0.05) is 0 Å². The minimum absolute atomic E-state index is 0.180. The van der Waals surface area contributed by atoms with Crippen LogP contribution >= 0.6 is 0 Å². The molecule has 1 saturated heterocycles. The lowest BCUT2D eigenvalue weighted by atomic mass is 9.75. The smallest absolute Gasteiger partial charge is 0.0951 e. The Balaban J connectivity index is 2.84. The van der Waals surface area contributed by atoms with Gasteiger partial charge < -0.3 is 10.0 Å². The molecule has 16 heavy (non-hydrogen) atoms. The van der Waals surface area contributed by atoms with Gasteiger partial charge in [-0.25, -0.2) is 0 Å². The van der Waals surface area contributed by atoms with Gasteiger partial charge in [-0.3, -0.25) is 4.90 Å². The summed E-state index contributed by atoms with van der Waals surface area (Å²) in [7, 11) is 4.10. The quantitative estimate of drug-likeness (QED) is 0.794. The molecule has 0 aromatic carbocycles. The Morgan fingerprint density at radius 3 is 2.31 bits per heavy atom. The maximum absolute atomic E-state index is 10.9. The van der Waals surface area contributed by atoms with E-state index in [1.54, 1.807) is 0 Å². The van der Waals surface area contributed by atoms with Crippen LogP contribution < -0.4 is 0 Å². The van der Waals surface area contributed by atoms with Crippen molar-refractivity contribution in [1.82, 2.24) is 9.80 Å². The third-order valence-corrected chi connectivity index (χ3v) is 4.49. The molecule has 0 spiro atoms. The van der Waals surface area contributed by atoms with Crippen LogP contribution in [-0.2, 0) is 0 Å². The van der Waals surface area contributed by atoms with Crippen LogP contribution in [0.15, 0.2) is 0 Å². The van der Waals surface area contributed by atoms with Gasteiger partial charge in [0.05, 0.1) is 5.60 Å². The van der Waals surface area contributed by atoms with Crippen molar-refractivity contribution >= 4 is 0 Å². The minimum Gasteiger partial charge on any atom is -0.387 e. The van der Waals surface area contributed by atoms with Crippen LogP contribution in [0.1, 0.15) is 40.5 Å². The van der Waals surface area contributed by atoms with Crippen molar-refractivity contribution in [3.8, 4) is 0 Å². The fourth-order valence-electron chi connectivity index (χ4n) is 2.43. The zero-order chi connectivity index (χ0) is 12.6. The van der Waals surface area contributed by atoms with Crippen LogP contribution in [0.25, 0.3) is 0 Å². The highest BCUT2D eigenvalue weighted by Crippen LogP contribution is 2.35. The summed E-state index contributed by atoms with van der Waals surface area (Å²) in [6.45, 7) is 10.6. The standard InChI is InChI=1S/C13H28N2O/c1-11(2)15-9-7-8-13(16,10-15)12(3,4)14(5)6/h11,16H,7-10H2,1-6H3/t13-/m0/s1. The predicted octanol–water partition coefficient (Wildman–Crippen LogP) is 1.56. The van der Waals surface area contributed by atoms with E-state index in [0.29, 0.717) is 6.04 Å². The second-order valence-corrected chi connectivity index (χ2v) is 6.15. The average molecular weight is 228 g/mol. The van der Waals surface area contributed by atoms with Crippen molar-refractivity contribution in [2.75, 3.05) is 27.2 Å². The summed E-state index contributed by atoms with van der Waals surface area (Å²) in [5, 5.41) is 10.9. The van der Waals surface area contributed by atoms with Crippen LogP contribution in [0, 0.1) is 0 Å².